The predicted molar refractivity (Wildman–Crippen MR) is 101 cm³/mol. The van der Waals surface area contributed by atoms with Gasteiger partial charge in [0.15, 0.2) is 0 Å². The highest BCUT2D eigenvalue weighted by Gasteiger charge is 2.22. The first kappa shape index (κ1) is 17.1. The number of piperidine rings is 1. The molecule has 0 radical (unpaired) electrons. The lowest BCUT2D eigenvalue weighted by molar-refractivity contribution is 0.149. The van der Waals surface area contributed by atoms with E-state index in [2.05, 4.69) is 30.9 Å². The SMILES string of the molecule is Cn1c(OC2CCN(c3cccnc3)CC2)nc(-c2ccncn2)cc1=O. The van der Waals surface area contributed by atoms with Gasteiger partial charge in [0.25, 0.3) is 11.6 Å². The summed E-state index contributed by atoms with van der Waals surface area (Å²) in [5.41, 5.74) is 2.02. The summed E-state index contributed by atoms with van der Waals surface area (Å²) in [5, 5.41) is 0. The number of ether oxygens (including phenoxy) is 1. The lowest BCUT2D eigenvalue weighted by atomic mass is 10.1. The van der Waals surface area contributed by atoms with E-state index in [1.54, 1.807) is 25.5 Å². The van der Waals surface area contributed by atoms with Crippen LogP contribution in [0.2, 0.25) is 0 Å². The molecule has 0 amide bonds. The topological polar surface area (TPSA) is 86.0 Å². The van der Waals surface area contributed by atoms with Gasteiger partial charge in [0, 0.05) is 51.4 Å². The van der Waals surface area contributed by atoms with Crippen molar-refractivity contribution in [2.45, 2.75) is 18.9 Å². The maximum absolute atomic E-state index is 12.3. The summed E-state index contributed by atoms with van der Waals surface area (Å²) in [6.07, 6.45) is 8.41. The molecular formula is C19H20N6O2. The largest absolute Gasteiger partial charge is 0.461 e. The number of aromatic nitrogens is 5. The van der Waals surface area contributed by atoms with Gasteiger partial charge in [0.1, 0.15) is 12.4 Å². The molecule has 0 N–H and O–H groups in total. The third kappa shape index (κ3) is 3.79. The highest BCUT2D eigenvalue weighted by molar-refractivity contribution is 5.52. The van der Waals surface area contributed by atoms with E-state index < -0.39 is 0 Å². The molecular weight excluding hydrogens is 344 g/mol. The maximum atomic E-state index is 12.3. The van der Waals surface area contributed by atoms with Crippen molar-refractivity contribution in [3.05, 3.63) is 59.5 Å². The van der Waals surface area contributed by atoms with Crippen LogP contribution in [0.1, 0.15) is 12.8 Å². The van der Waals surface area contributed by atoms with Crippen LogP contribution >= 0.6 is 0 Å². The molecule has 1 aliphatic rings. The van der Waals surface area contributed by atoms with Crippen LogP contribution in [0.15, 0.2) is 54.0 Å². The van der Waals surface area contributed by atoms with Crippen molar-refractivity contribution < 1.29 is 4.74 Å². The number of rotatable bonds is 4. The summed E-state index contributed by atoms with van der Waals surface area (Å²) >= 11 is 0. The van der Waals surface area contributed by atoms with Crippen LogP contribution in [0.5, 0.6) is 6.01 Å². The van der Waals surface area contributed by atoms with Gasteiger partial charge in [0.05, 0.1) is 23.3 Å². The van der Waals surface area contributed by atoms with Crippen molar-refractivity contribution in [1.29, 1.82) is 0 Å². The van der Waals surface area contributed by atoms with Gasteiger partial charge in [-0.1, -0.05) is 0 Å². The van der Waals surface area contributed by atoms with E-state index in [4.69, 9.17) is 4.74 Å². The van der Waals surface area contributed by atoms with Crippen LogP contribution in [-0.2, 0) is 7.05 Å². The lowest BCUT2D eigenvalue weighted by Gasteiger charge is -2.33. The third-order valence-electron chi connectivity index (χ3n) is 4.66. The van der Waals surface area contributed by atoms with Gasteiger partial charge in [-0.05, 0) is 18.2 Å². The molecule has 0 unspecified atom stereocenters. The fourth-order valence-electron chi connectivity index (χ4n) is 3.12. The summed E-state index contributed by atoms with van der Waals surface area (Å²) in [7, 11) is 1.67. The highest BCUT2D eigenvalue weighted by atomic mass is 16.5. The quantitative estimate of drug-likeness (QED) is 0.696. The number of hydrogen-bond donors (Lipinski definition) is 0. The first-order chi connectivity index (χ1) is 13.2. The predicted octanol–water partition coefficient (Wildman–Crippen LogP) is 1.68. The van der Waals surface area contributed by atoms with Crippen LogP contribution in [0, 0.1) is 0 Å². The van der Waals surface area contributed by atoms with Gasteiger partial charge < -0.3 is 9.64 Å². The molecule has 3 aromatic rings. The third-order valence-corrected chi connectivity index (χ3v) is 4.66. The van der Waals surface area contributed by atoms with Gasteiger partial charge in [-0.15, -0.1) is 0 Å². The van der Waals surface area contributed by atoms with Crippen molar-refractivity contribution in [3.8, 4) is 17.4 Å². The van der Waals surface area contributed by atoms with Crippen molar-refractivity contribution in [2.24, 2.45) is 7.05 Å². The molecule has 0 saturated carbocycles. The van der Waals surface area contributed by atoms with Gasteiger partial charge in [-0.3, -0.25) is 14.3 Å². The zero-order chi connectivity index (χ0) is 18.6. The average Bonchev–Trinajstić information content (AvgIpc) is 2.73. The number of hydrogen-bond acceptors (Lipinski definition) is 7. The first-order valence-corrected chi connectivity index (χ1v) is 8.87. The van der Waals surface area contributed by atoms with E-state index in [0.717, 1.165) is 31.6 Å². The summed E-state index contributed by atoms with van der Waals surface area (Å²) in [4.78, 5) is 31.3. The van der Waals surface area contributed by atoms with Gasteiger partial charge >= 0.3 is 0 Å². The Balaban J connectivity index is 1.49. The molecule has 1 fully saturated rings. The molecule has 4 rings (SSSR count). The minimum atomic E-state index is -0.179. The number of anilines is 1. The molecule has 1 aliphatic heterocycles. The Morgan fingerprint density at radius 3 is 2.67 bits per heavy atom. The summed E-state index contributed by atoms with van der Waals surface area (Å²) in [6, 6.07) is 7.50. The molecule has 4 heterocycles. The van der Waals surface area contributed by atoms with Crippen LogP contribution in [0.25, 0.3) is 11.4 Å². The molecule has 0 bridgehead atoms. The minimum absolute atomic E-state index is 0.0108. The Hall–Kier alpha value is -3.29. The molecule has 138 valence electrons. The fraction of sp³-hybridized carbons (Fsp3) is 0.316. The van der Waals surface area contributed by atoms with Crippen molar-refractivity contribution in [2.75, 3.05) is 18.0 Å². The van der Waals surface area contributed by atoms with Gasteiger partial charge in [-0.2, -0.15) is 4.98 Å². The Kier molecular flexibility index (Phi) is 4.78. The molecule has 0 spiro atoms. The van der Waals surface area contributed by atoms with E-state index >= 15 is 0 Å². The zero-order valence-electron chi connectivity index (χ0n) is 15.0. The number of nitrogens with zero attached hydrogens (tertiary/aromatic N) is 6. The average molecular weight is 364 g/mol. The Morgan fingerprint density at radius 2 is 1.96 bits per heavy atom. The summed E-state index contributed by atoms with van der Waals surface area (Å²) in [6.45, 7) is 1.74. The monoisotopic (exact) mass is 364 g/mol. The molecule has 8 nitrogen and oxygen atoms in total. The molecule has 1 saturated heterocycles. The summed E-state index contributed by atoms with van der Waals surface area (Å²) < 4.78 is 7.51. The summed E-state index contributed by atoms with van der Waals surface area (Å²) in [5.74, 6) is 0. The van der Waals surface area contributed by atoms with E-state index in [0.29, 0.717) is 17.4 Å². The van der Waals surface area contributed by atoms with Crippen LogP contribution < -0.4 is 15.2 Å². The second-order valence-corrected chi connectivity index (χ2v) is 6.43. The molecule has 0 aliphatic carbocycles. The Morgan fingerprint density at radius 1 is 1.11 bits per heavy atom. The molecule has 0 aromatic carbocycles. The second kappa shape index (κ2) is 7.53. The van der Waals surface area contributed by atoms with Gasteiger partial charge in [-0.25, -0.2) is 9.97 Å². The smallest absolute Gasteiger partial charge is 0.299 e. The van der Waals surface area contributed by atoms with E-state index in [1.165, 1.54) is 17.0 Å². The van der Waals surface area contributed by atoms with E-state index in [1.807, 2.05) is 12.3 Å². The normalized spacial score (nSPS) is 14.9. The molecule has 0 atom stereocenters. The second-order valence-electron chi connectivity index (χ2n) is 6.43. The molecule has 8 heteroatoms. The lowest BCUT2D eigenvalue weighted by Crippen LogP contribution is -2.39. The number of pyridine rings is 1. The van der Waals surface area contributed by atoms with E-state index in [-0.39, 0.29) is 11.7 Å². The maximum Gasteiger partial charge on any atom is 0.299 e. The van der Waals surface area contributed by atoms with Crippen molar-refractivity contribution in [1.82, 2.24) is 24.5 Å². The van der Waals surface area contributed by atoms with Crippen LogP contribution in [0.3, 0.4) is 0 Å². The van der Waals surface area contributed by atoms with Crippen molar-refractivity contribution in [3.63, 3.8) is 0 Å². The Labute approximate surface area is 156 Å². The molecule has 27 heavy (non-hydrogen) atoms. The van der Waals surface area contributed by atoms with Crippen molar-refractivity contribution >= 4 is 5.69 Å². The Bertz CT molecular complexity index is 953. The van der Waals surface area contributed by atoms with Crippen LogP contribution in [0.4, 0.5) is 5.69 Å². The standard InChI is InChI=1S/C19H20N6O2/c1-24-18(26)11-17(16-4-8-21-13-22-16)23-19(24)27-15-5-9-25(10-6-15)14-3-2-7-20-12-14/h2-4,7-8,11-13,15H,5-6,9-10H2,1H3. The minimum Gasteiger partial charge on any atom is -0.461 e. The van der Waals surface area contributed by atoms with Gasteiger partial charge in [0.2, 0.25) is 0 Å². The molecule has 3 aromatic heterocycles. The first-order valence-electron chi connectivity index (χ1n) is 8.87. The van der Waals surface area contributed by atoms with Crippen LogP contribution in [-0.4, -0.2) is 43.7 Å². The zero-order valence-corrected chi connectivity index (χ0v) is 15.0. The fourth-order valence-corrected chi connectivity index (χ4v) is 3.12. The highest BCUT2D eigenvalue weighted by Crippen LogP contribution is 2.22. The van der Waals surface area contributed by atoms with E-state index in [9.17, 15) is 4.79 Å².